The van der Waals surface area contributed by atoms with Crippen molar-refractivity contribution in [1.29, 1.82) is 0 Å². The van der Waals surface area contributed by atoms with Crippen LogP contribution in [0.5, 0.6) is 11.5 Å². The van der Waals surface area contributed by atoms with Gasteiger partial charge in [-0.05, 0) is 61.0 Å². The quantitative estimate of drug-likeness (QED) is 0.314. The van der Waals surface area contributed by atoms with E-state index in [9.17, 15) is 19.2 Å². The molecule has 38 heavy (non-hydrogen) atoms. The van der Waals surface area contributed by atoms with Crippen molar-refractivity contribution in [3.63, 3.8) is 0 Å². The second-order valence-corrected chi connectivity index (χ2v) is 9.02. The van der Waals surface area contributed by atoms with Crippen LogP contribution in [0, 0.1) is 6.92 Å². The Kier molecular flexibility index (Phi) is 7.99. The van der Waals surface area contributed by atoms with Crippen LogP contribution in [0.25, 0.3) is 6.08 Å². The first-order chi connectivity index (χ1) is 18.2. The van der Waals surface area contributed by atoms with Crippen molar-refractivity contribution < 1.29 is 28.7 Å². The molecular formula is C27H21Cl2N3O6. The van der Waals surface area contributed by atoms with Gasteiger partial charge in [-0.1, -0.05) is 47.0 Å². The fraction of sp³-hybridized carbons (Fsp3) is 0.111. The van der Waals surface area contributed by atoms with E-state index in [2.05, 4.69) is 10.6 Å². The second-order valence-electron chi connectivity index (χ2n) is 8.17. The van der Waals surface area contributed by atoms with E-state index in [1.54, 1.807) is 24.3 Å². The predicted molar refractivity (Wildman–Crippen MR) is 144 cm³/mol. The van der Waals surface area contributed by atoms with Gasteiger partial charge in [0, 0.05) is 10.7 Å². The number of ether oxygens (including phenoxy) is 2. The Morgan fingerprint density at radius 1 is 1.05 bits per heavy atom. The summed E-state index contributed by atoms with van der Waals surface area (Å²) in [5, 5.41) is 5.24. The van der Waals surface area contributed by atoms with Gasteiger partial charge in [0.25, 0.3) is 17.7 Å². The number of amides is 5. The number of benzene rings is 3. The van der Waals surface area contributed by atoms with Gasteiger partial charge in [0.15, 0.2) is 18.1 Å². The van der Waals surface area contributed by atoms with Crippen LogP contribution in [0.2, 0.25) is 10.0 Å². The number of aryl methyl sites for hydroxylation is 1. The van der Waals surface area contributed by atoms with Crippen LogP contribution in [0.1, 0.15) is 11.1 Å². The number of imide groups is 2. The van der Waals surface area contributed by atoms with Crippen LogP contribution in [0.15, 0.2) is 66.2 Å². The zero-order valence-corrected chi connectivity index (χ0v) is 21.7. The summed E-state index contributed by atoms with van der Waals surface area (Å²) in [5.74, 6) is -1.86. The molecule has 0 radical (unpaired) electrons. The van der Waals surface area contributed by atoms with Gasteiger partial charge < -0.3 is 14.8 Å². The molecule has 0 bridgehead atoms. The number of urea groups is 1. The minimum Gasteiger partial charge on any atom is -0.493 e. The Balaban J connectivity index is 1.55. The zero-order valence-electron chi connectivity index (χ0n) is 20.2. The Morgan fingerprint density at radius 2 is 1.79 bits per heavy atom. The molecule has 9 nitrogen and oxygen atoms in total. The van der Waals surface area contributed by atoms with Crippen molar-refractivity contribution in [3.8, 4) is 11.5 Å². The number of nitrogens with one attached hydrogen (secondary N) is 2. The lowest BCUT2D eigenvalue weighted by Crippen LogP contribution is -2.54. The first-order valence-electron chi connectivity index (χ1n) is 11.2. The van der Waals surface area contributed by atoms with Gasteiger partial charge in [0.2, 0.25) is 0 Å². The Morgan fingerprint density at radius 3 is 2.47 bits per heavy atom. The molecule has 1 aliphatic rings. The van der Waals surface area contributed by atoms with Crippen molar-refractivity contribution in [2.45, 2.75) is 6.92 Å². The lowest BCUT2D eigenvalue weighted by atomic mass is 10.1. The Bertz CT molecular complexity index is 1470. The van der Waals surface area contributed by atoms with Gasteiger partial charge in [-0.2, -0.15) is 0 Å². The predicted octanol–water partition coefficient (Wildman–Crippen LogP) is 4.99. The molecule has 0 spiro atoms. The molecule has 194 valence electrons. The van der Waals surface area contributed by atoms with Crippen LogP contribution in [-0.2, 0) is 14.4 Å². The van der Waals surface area contributed by atoms with E-state index < -0.39 is 23.8 Å². The highest BCUT2D eigenvalue weighted by Gasteiger charge is 2.37. The van der Waals surface area contributed by atoms with Gasteiger partial charge in [-0.25, -0.2) is 9.69 Å². The molecule has 1 heterocycles. The maximum atomic E-state index is 13.1. The maximum Gasteiger partial charge on any atom is 0.335 e. The fourth-order valence-electron chi connectivity index (χ4n) is 3.61. The van der Waals surface area contributed by atoms with E-state index in [-0.39, 0.29) is 34.4 Å². The molecule has 1 aliphatic heterocycles. The summed E-state index contributed by atoms with van der Waals surface area (Å²) < 4.78 is 11.0. The van der Waals surface area contributed by atoms with Gasteiger partial charge in [0.05, 0.1) is 17.8 Å². The van der Waals surface area contributed by atoms with Crippen molar-refractivity contribution in [1.82, 2.24) is 5.32 Å². The number of halogens is 2. The lowest BCUT2D eigenvalue weighted by Gasteiger charge is -2.26. The summed E-state index contributed by atoms with van der Waals surface area (Å²) in [6, 6.07) is 15.4. The van der Waals surface area contributed by atoms with Crippen molar-refractivity contribution in [2.75, 3.05) is 23.9 Å². The molecule has 0 aliphatic carbocycles. The Labute approximate surface area is 227 Å². The largest absolute Gasteiger partial charge is 0.493 e. The van der Waals surface area contributed by atoms with Crippen molar-refractivity contribution in [2.24, 2.45) is 0 Å². The minimum atomic E-state index is -0.900. The molecule has 0 unspecified atom stereocenters. The highest BCUT2D eigenvalue weighted by Crippen LogP contribution is 2.37. The smallest absolute Gasteiger partial charge is 0.335 e. The van der Waals surface area contributed by atoms with E-state index in [4.69, 9.17) is 32.7 Å². The standard InChI is InChI=1S/C27H21Cl2N3O6/c1-15-6-8-18(9-7-15)30-23(33)14-38-24-21(29)11-16(12-22(24)37-2)10-20-25(34)31-27(36)32(26(20)35)19-5-3-4-17(28)13-19/h3-13H,14H2,1-2H3,(H,30,33)(H,31,34,36)/b20-10+. The molecule has 11 heteroatoms. The highest BCUT2D eigenvalue weighted by molar-refractivity contribution is 6.39. The van der Waals surface area contributed by atoms with Gasteiger partial charge >= 0.3 is 6.03 Å². The van der Waals surface area contributed by atoms with Crippen LogP contribution in [0.3, 0.4) is 0 Å². The average Bonchev–Trinajstić information content (AvgIpc) is 2.87. The molecule has 3 aromatic rings. The normalized spacial score (nSPS) is 14.4. The Hall–Kier alpha value is -4.34. The van der Waals surface area contributed by atoms with E-state index in [0.29, 0.717) is 16.3 Å². The molecule has 1 fully saturated rings. The monoisotopic (exact) mass is 553 g/mol. The molecule has 2 N–H and O–H groups in total. The summed E-state index contributed by atoms with van der Waals surface area (Å²) >= 11 is 12.4. The van der Waals surface area contributed by atoms with Crippen molar-refractivity contribution in [3.05, 3.63) is 87.4 Å². The second kappa shape index (κ2) is 11.4. The number of carbonyl (C=O) groups is 4. The van der Waals surface area contributed by atoms with E-state index in [1.807, 2.05) is 19.1 Å². The molecule has 0 atom stereocenters. The maximum absolute atomic E-state index is 13.1. The lowest BCUT2D eigenvalue weighted by molar-refractivity contribution is -0.122. The number of nitrogens with zero attached hydrogens (tertiary/aromatic N) is 1. The number of barbiturate groups is 1. The van der Waals surface area contributed by atoms with E-state index in [0.717, 1.165) is 10.5 Å². The van der Waals surface area contributed by atoms with Crippen LogP contribution >= 0.6 is 23.2 Å². The number of rotatable bonds is 7. The highest BCUT2D eigenvalue weighted by atomic mass is 35.5. The van der Waals surface area contributed by atoms with Crippen LogP contribution in [0.4, 0.5) is 16.2 Å². The minimum absolute atomic E-state index is 0.0748. The topological polar surface area (TPSA) is 114 Å². The summed E-state index contributed by atoms with van der Waals surface area (Å²) in [6.07, 6.45) is 1.27. The van der Waals surface area contributed by atoms with Gasteiger partial charge in [0.1, 0.15) is 5.57 Å². The number of hydrogen-bond acceptors (Lipinski definition) is 6. The van der Waals surface area contributed by atoms with Crippen LogP contribution in [-0.4, -0.2) is 37.5 Å². The third-order valence-electron chi connectivity index (χ3n) is 5.41. The zero-order chi connectivity index (χ0) is 27.4. The van der Waals surface area contributed by atoms with Gasteiger partial charge in [-0.3, -0.25) is 19.7 Å². The first kappa shape index (κ1) is 26.7. The third-order valence-corrected chi connectivity index (χ3v) is 5.93. The number of carbonyl (C=O) groups excluding carboxylic acids is 4. The number of hydrogen-bond donors (Lipinski definition) is 2. The molecular weight excluding hydrogens is 533 g/mol. The summed E-state index contributed by atoms with van der Waals surface area (Å²) in [5.41, 5.74) is 1.88. The summed E-state index contributed by atoms with van der Waals surface area (Å²) in [7, 11) is 1.37. The molecule has 3 aromatic carbocycles. The van der Waals surface area contributed by atoms with Gasteiger partial charge in [-0.15, -0.1) is 0 Å². The van der Waals surface area contributed by atoms with E-state index in [1.165, 1.54) is 37.5 Å². The number of methoxy groups -OCH3 is 1. The van der Waals surface area contributed by atoms with E-state index >= 15 is 0 Å². The molecule has 0 saturated carbocycles. The molecule has 0 aromatic heterocycles. The first-order valence-corrected chi connectivity index (χ1v) is 12.0. The average molecular weight is 554 g/mol. The van der Waals surface area contributed by atoms with Crippen molar-refractivity contribution >= 4 is 64.4 Å². The fourth-order valence-corrected chi connectivity index (χ4v) is 4.07. The summed E-state index contributed by atoms with van der Waals surface area (Å²) in [6.45, 7) is 1.59. The summed E-state index contributed by atoms with van der Waals surface area (Å²) in [4.78, 5) is 51.2. The number of anilines is 2. The third kappa shape index (κ3) is 5.96. The van der Waals surface area contributed by atoms with Crippen LogP contribution < -0.4 is 25.0 Å². The molecule has 4 rings (SSSR count). The SMILES string of the molecule is COc1cc(/C=C2\C(=O)NC(=O)N(c3cccc(Cl)c3)C2=O)cc(Cl)c1OCC(=O)Nc1ccc(C)cc1. The molecule has 1 saturated heterocycles. The molecule has 5 amide bonds.